The summed E-state index contributed by atoms with van der Waals surface area (Å²) in [6, 6.07) is 17.0. The molecule has 0 bridgehead atoms. The van der Waals surface area contributed by atoms with E-state index in [0.717, 1.165) is 36.4 Å². The average Bonchev–Trinajstić information content (AvgIpc) is 2.80. The van der Waals surface area contributed by atoms with Crippen molar-refractivity contribution in [3.05, 3.63) is 76.3 Å². The topological polar surface area (TPSA) is 58.4 Å². The molecule has 1 amide bonds. The molecule has 1 aromatic heterocycles. The summed E-state index contributed by atoms with van der Waals surface area (Å²) < 4.78 is 1.83. The van der Waals surface area contributed by atoms with Gasteiger partial charge < -0.3 is 4.90 Å². The van der Waals surface area contributed by atoms with Gasteiger partial charge in [0.2, 0.25) is 0 Å². The highest BCUT2D eigenvalue weighted by Crippen LogP contribution is 2.22. The second-order valence-corrected chi connectivity index (χ2v) is 7.81. The fraction of sp³-hybridized carbons (Fsp3) is 0.375. The summed E-state index contributed by atoms with van der Waals surface area (Å²) in [5, 5.41) is 0.667. The molecule has 0 radical (unpaired) electrons. The normalized spacial score (nSPS) is 16.0. The molecule has 156 valence electrons. The number of para-hydroxylation sites is 1. The van der Waals surface area contributed by atoms with Gasteiger partial charge in [0.25, 0.3) is 11.5 Å². The first kappa shape index (κ1) is 20.3. The highest BCUT2D eigenvalue weighted by atomic mass is 16.2. The smallest absolute Gasteiger partial charge is 0.261 e. The number of hydrogen-bond acceptors (Lipinski definition) is 4. The van der Waals surface area contributed by atoms with Crippen molar-refractivity contribution in [1.29, 1.82) is 0 Å². The molecule has 6 nitrogen and oxygen atoms in total. The third-order valence-corrected chi connectivity index (χ3v) is 5.88. The maximum atomic E-state index is 13.1. The van der Waals surface area contributed by atoms with Gasteiger partial charge in [-0.1, -0.05) is 37.3 Å². The molecule has 1 saturated heterocycles. The third kappa shape index (κ3) is 3.87. The largest absolute Gasteiger partial charge is 0.336 e. The fourth-order valence-corrected chi connectivity index (χ4v) is 4.18. The number of carbonyl (C=O) groups excluding carboxylic acids is 1. The molecular formula is C24H28N4O2. The van der Waals surface area contributed by atoms with E-state index in [9.17, 15) is 9.59 Å². The van der Waals surface area contributed by atoms with Crippen LogP contribution in [0.4, 0.5) is 0 Å². The number of nitrogens with zero attached hydrogens (tertiary/aromatic N) is 4. The van der Waals surface area contributed by atoms with E-state index in [1.807, 2.05) is 64.1 Å². The predicted octanol–water partition coefficient (Wildman–Crippen LogP) is 3.33. The van der Waals surface area contributed by atoms with E-state index >= 15 is 0 Å². The highest BCUT2D eigenvalue weighted by molar-refractivity contribution is 5.94. The molecule has 0 saturated carbocycles. The Hall–Kier alpha value is -2.99. The maximum Gasteiger partial charge on any atom is 0.261 e. The zero-order valence-electron chi connectivity index (χ0n) is 17.6. The number of rotatable bonds is 5. The molecule has 0 N–H and O–H groups in total. The van der Waals surface area contributed by atoms with Crippen LogP contribution in [0.2, 0.25) is 0 Å². The van der Waals surface area contributed by atoms with Gasteiger partial charge in [-0.3, -0.25) is 19.1 Å². The molecule has 1 atom stereocenters. The zero-order valence-corrected chi connectivity index (χ0v) is 17.6. The second-order valence-electron chi connectivity index (χ2n) is 7.81. The van der Waals surface area contributed by atoms with Gasteiger partial charge in [0.05, 0.1) is 16.9 Å². The van der Waals surface area contributed by atoms with Crippen LogP contribution in [-0.4, -0.2) is 51.4 Å². The molecule has 1 unspecified atom stereocenters. The zero-order chi connectivity index (χ0) is 21.1. The number of benzene rings is 2. The van der Waals surface area contributed by atoms with Crippen molar-refractivity contribution in [3.63, 3.8) is 0 Å². The molecule has 30 heavy (non-hydrogen) atoms. The lowest BCUT2D eigenvalue weighted by molar-refractivity contribution is 0.0571. The summed E-state index contributed by atoms with van der Waals surface area (Å²) in [5.41, 5.74) is 1.50. The van der Waals surface area contributed by atoms with Crippen molar-refractivity contribution in [3.8, 4) is 0 Å². The number of piperazine rings is 1. The van der Waals surface area contributed by atoms with Crippen molar-refractivity contribution in [2.45, 2.75) is 32.9 Å². The first-order valence-electron chi connectivity index (χ1n) is 10.7. The Morgan fingerprint density at radius 1 is 1.00 bits per heavy atom. The summed E-state index contributed by atoms with van der Waals surface area (Å²) in [6.45, 7) is 7.70. The van der Waals surface area contributed by atoms with Crippen LogP contribution in [0.25, 0.3) is 10.9 Å². The lowest BCUT2D eigenvalue weighted by atomic mass is 10.1. The molecule has 2 heterocycles. The standard InChI is InChI=1S/C24H28N4O2/c1-3-13-28-22(25-21-12-8-7-11-20(21)24(28)30)18(2)26-14-16-27(17-15-26)23(29)19-9-5-4-6-10-19/h4-12,18H,3,13-17H2,1-2H3. The summed E-state index contributed by atoms with van der Waals surface area (Å²) in [7, 11) is 0. The summed E-state index contributed by atoms with van der Waals surface area (Å²) >= 11 is 0. The number of hydrogen-bond donors (Lipinski definition) is 0. The monoisotopic (exact) mass is 404 g/mol. The minimum atomic E-state index is 0.00262. The molecule has 1 fully saturated rings. The van der Waals surface area contributed by atoms with Gasteiger partial charge in [-0.05, 0) is 37.6 Å². The number of amides is 1. The molecule has 3 aromatic rings. The quantitative estimate of drug-likeness (QED) is 0.655. The van der Waals surface area contributed by atoms with Gasteiger partial charge in [0, 0.05) is 38.3 Å². The Kier molecular flexibility index (Phi) is 5.95. The Bertz CT molecular complexity index is 1090. The lowest BCUT2D eigenvalue weighted by Crippen LogP contribution is -2.50. The highest BCUT2D eigenvalue weighted by Gasteiger charge is 2.28. The molecule has 0 aliphatic carbocycles. The van der Waals surface area contributed by atoms with Crippen LogP contribution in [0.5, 0.6) is 0 Å². The van der Waals surface area contributed by atoms with E-state index in [1.165, 1.54) is 0 Å². The van der Waals surface area contributed by atoms with Crippen molar-refractivity contribution >= 4 is 16.8 Å². The second kappa shape index (κ2) is 8.79. The minimum Gasteiger partial charge on any atom is -0.336 e. The Morgan fingerprint density at radius 3 is 2.37 bits per heavy atom. The molecule has 1 aliphatic rings. The van der Waals surface area contributed by atoms with Gasteiger partial charge >= 0.3 is 0 Å². The third-order valence-electron chi connectivity index (χ3n) is 5.88. The van der Waals surface area contributed by atoms with Crippen LogP contribution in [-0.2, 0) is 6.54 Å². The van der Waals surface area contributed by atoms with Crippen LogP contribution in [0.15, 0.2) is 59.4 Å². The Balaban J connectivity index is 1.55. The van der Waals surface area contributed by atoms with Gasteiger partial charge in [-0.2, -0.15) is 0 Å². The van der Waals surface area contributed by atoms with E-state index in [0.29, 0.717) is 25.0 Å². The summed E-state index contributed by atoms with van der Waals surface area (Å²) in [6.07, 6.45) is 0.874. The van der Waals surface area contributed by atoms with Crippen molar-refractivity contribution in [1.82, 2.24) is 19.4 Å². The summed E-state index contributed by atoms with van der Waals surface area (Å²) in [5.74, 6) is 0.887. The number of carbonyl (C=O) groups is 1. The van der Waals surface area contributed by atoms with Crippen LogP contribution in [0.3, 0.4) is 0 Å². The lowest BCUT2D eigenvalue weighted by Gasteiger charge is -2.38. The van der Waals surface area contributed by atoms with Crippen molar-refractivity contribution < 1.29 is 4.79 Å². The molecule has 2 aromatic carbocycles. The fourth-order valence-electron chi connectivity index (χ4n) is 4.18. The van der Waals surface area contributed by atoms with Crippen LogP contribution >= 0.6 is 0 Å². The molecule has 6 heteroatoms. The van der Waals surface area contributed by atoms with Gasteiger partial charge in [-0.15, -0.1) is 0 Å². The van der Waals surface area contributed by atoms with E-state index in [1.54, 1.807) is 0 Å². The van der Waals surface area contributed by atoms with E-state index in [2.05, 4.69) is 18.7 Å². The van der Waals surface area contributed by atoms with Crippen molar-refractivity contribution in [2.24, 2.45) is 0 Å². The van der Waals surface area contributed by atoms with E-state index in [-0.39, 0.29) is 17.5 Å². The van der Waals surface area contributed by atoms with Gasteiger partial charge in [-0.25, -0.2) is 4.98 Å². The first-order chi connectivity index (χ1) is 14.6. The average molecular weight is 405 g/mol. The molecule has 4 rings (SSSR count). The first-order valence-corrected chi connectivity index (χ1v) is 10.7. The van der Waals surface area contributed by atoms with Crippen LogP contribution in [0.1, 0.15) is 42.5 Å². The Labute approximate surface area is 176 Å². The van der Waals surface area contributed by atoms with Gasteiger partial charge in [0.15, 0.2) is 0 Å². The molecular weight excluding hydrogens is 376 g/mol. The maximum absolute atomic E-state index is 13.1. The molecule has 0 spiro atoms. The number of fused-ring (bicyclic) bond motifs is 1. The van der Waals surface area contributed by atoms with E-state index < -0.39 is 0 Å². The van der Waals surface area contributed by atoms with Crippen LogP contribution in [0, 0.1) is 0 Å². The van der Waals surface area contributed by atoms with Gasteiger partial charge in [0.1, 0.15) is 5.82 Å². The SMILES string of the molecule is CCCn1c(C(C)N2CCN(C(=O)c3ccccc3)CC2)nc2ccccc2c1=O. The minimum absolute atomic E-state index is 0.00262. The number of aromatic nitrogens is 2. The predicted molar refractivity (Wildman–Crippen MR) is 119 cm³/mol. The van der Waals surface area contributed by atoms with E-state index in [4.69, 9.17) is 4.98 Å². The van der Waals surface area contributed by atoms with Crippen molar-refractivity contribution in [2.75, 3.05) is 26.2 Å². The summed E-state index contributed by atoms with van der Waals surface area (Å²) in [4.78, 5) is 34.9. The van der Waals surface area contributed by atoms with Crippen LogP contribution < -0.4 is 5.56 Å². The Morgan fingerprint density at radius 2 is 1.67 bits per heavy atom. The molecule has 1 aliphatic heterocycles.